The molecule has 7 heteroatoms. The summed E-state index contributed by atoms with van der Waals surface area (Å²) in [4.78, 5) is 30.9. The predicted molar refractivity (Wildman–Crippen MR) is 127 cm³/mol. The SMILES string of the molecule is COc1ccc(C(CNC(=O)C2CCCN(C(=O)c3cccs3)C2)N2CCCCC2)cc1. The first-order valence-corrected chi connectivity index (χ1v) is 12.5. The van der Waals surface area contributed by atoms with E-state index in [2.05, 4.69) is 22.3 Å². The average Bonchev–Trinajstić information content (AvgIpc) is 3.40. The topological polar surface area (TPSA) is 61.9 Å². The van der Waals surface area contributed by atoms with Crippen LogP contribution in [-0.4, -0.2) is 61.4 Å². The normalized spacial score (nSPS) is 20.5. The summed E-state index contributed by atoms with van der Waals surface area (Å²) >= 11 is 1.46. The van der Waals surface area contributed by atoms with Crippen molar-refractivity contribution in [3.8, 4) is 5.75 Å². The Labute approximate surface area is 194 Å². The van der Waals surface area contributed by atoms with Gasteiger partial charge in [-0.05, 0) is 67.9 Å². The number of carbonyl (C=O) groups is 2. The van der Waals surface area contributed by atoms with Gasteiger partial charge in [-0.2, -0.15) is 0 Å². The molecule has 2 aromatic rings. The molecular formula is C25H33N3O3S. The van der Waals surface area contributed by atoms with Gasteiger partial charge in [0.25, 0.3) is 5.91 Å². The van der Waals surface area contributed by atoms with E-state index in [9.17, 15) is 9.59 Å². The molecular weight excluding hydrogens is 422 g/mol. The van der Waals surface area contributed by atoms with Gasteiger partial charge in [-0.1, -0.05) is 24.6 Å². The second-order valence-corrected chi connectivity index (χ2v) is 9.65. The van der Waals surface area contributed by atoms with Gasteiger partial charge >= 0.3 is 0 Å². The monoisotopic (exact) mass is 455 g/mol. The minimum atomic E-state index is -0.148. The number of piperidine rings is 2. The van der Waals surface area contributed by atoms with Crippen LogP contribution < -0.4 is 10.1 Å². The summed E-state index contributed by atoms with van der Waals surface area (Å²) in [6.45, 7) is 3.92. The first-order valence-electron chi connectivity index (χ1n) is 11.6. The number of ether oxygens (including phenoxy) is 1. The molecule has 6 nitrogen and oxygen atoms in total. The van der Waals surface area contributed by atoms with Crippen LogP contribution in [0.25, 0.3) is 0 Å². The van der Waals surface area contributed by atoms with Crippen LogP contribution >= 0.6 is 11.3 Å². The molecule has 2 aliphatic heterocycles. The largest absolute Gasteiger partial charge is 0.497 e. The number of nitrogens with zero attached hydrogens (tertiary/aromatic N) is 2. The molecule has 1 aromatic carbocycles. The molecule has 1 N–H and O–H groups in total. The van der Waals surface area contributed by atoms with Crippen LogP contribution in [0.2, 0.25) is 0 Å². The molecule has 2 fully saturated rings. The van der Waals surface area contributed by atoms with Crippen molar-refractivity contribution in [1.29, 1.82) is 0 Å². The van der Waals surface area contributed by atoms with Crippen molar-refractivity contribution in [3.05, 3.63) is 52.2 Å². The number of likely N-dealkylation sites (tertiary alicyclic amines) is 2. The smallest absolute Gasteiger partial charge is 0.263 e. The van der Waals surface area contributed by atoms with E-state index in [1.807, 2.05) is 34.5 Å². The molecule has 0 saturated carbocycles. The highest BCUT2D eigenvalue weighted by atomic mass is 32.1. The van der Waals surface area contributed by atoms with Crippen LogP contribution in [0.15, 0.2) is 41.8 Å². The fraction of sp³-hybridized carbons (Fsp3) is 0.520. The van der Waals surface area contributed by atoms with E-state index in [1.165, 1.54) is 36.2 Å². The van der Waals surface area contributed by atoms with Crippen LogP contribution in [0.5, 0.6) is 5.75 Å². The molecule has 1 aromatic heterocycles. The van der Waals surface area contributed by atoms with E-state index in [-0.39, 0.29) is 23.8 Å². The average molecular weight is 456 g/mol. The molecule has 32 heavy (non-hydrogen) atoms. The number of benzene rings is 1. The molecule has 0 radical (unpaired) electrons. The zero-order valence-corrected chi connectivity index (χ0v) is 19.6. The van der Waals surface area contributed by atoms with Gasteiger partial charge in [0, 0.05) is 19.6 Å². The quantitative estimate of drug-likeness (QED) is 0.687. The van der Waals surface area contributed by atoms with Gasteiger partial charge in [-0.25, -0.2) is 0 Å². The van der Waals surface area contributed by atoms with Gasteiger partial charge in [0.05, 0.1) is 23.9 Å². The van der Waals surface area contributed by atoms with Gasteiger partial charge in [-0.15, -0.1) is 11.3 Å². The van der Waals surface area contributed by atoms with Crippen LogP contribution in [0.3, 0.4) is 0 Å². The Morgan fingerprint density at radius 1 is 1.09 bits per heavy atom. The summed E-state index contributed by atoms with van der Waals surface area (Å²) in [5.41, 5.74) is 1.20. The molecule has 172 valence electrons. The van der Waals surface area contributed by atoms with Crippen molar-refractivity contribution >= 4 is 23.2 Å². The Balaban J connectivity index is 1.39. The van der Waals surface area contributed by atoms with E-state index in [1.54, 1.807) is 7.11 Å². The third-order valence-corrected chi connectivity index (χ3v) is 7.47. The van der Waals surface area contributed by atoms with Crippen molar-refractivity contribution in [2.45, 2.75) is 38.1 Å². The Morgan fingerprint density at radius 2 is 1.88 bits per heavy atom. The number of rotatable bonds is 7. The third-order valence-electron chi connectivity index (χ3n) is 6.61. The summed E-state index contributed by atoms with van der Waals surface area (Å²) in [5, 5.41) is 5.14. The highest BCUT2D eigenvalue weighted by Crippen LogP contribution is 2.26. The van der Waals surface area contributed by atoms with Crippen molar-refractivity contribution in [1.82, 2.24) is 15.1 Å². The standard InChI is InChI=1S/C25H33N3O3S/c1-31-21-11-9-19(10-12-21)22(27-13-3-2-4-14-27)17-26-24(29)20-7-5-15-28(18-20)25(30)23-8-6-16-32-23/h6,8-12,16,20,22H,2-5,7,13-15,17-18H2,1H3,(H,26,29). The highest BCUT2D eigenvalue weighted by molar-refractivity contribution is 7.12. The van der Waals surface area contributed by atoms with Crippen molar-refractivity contribution in [3.63, 3.8) is 0 Å². The van der Waals surface area contributed by atoms with Crippen molar-refractivity contribution in [2.75, 3.05) is 39.8 Å². The second-order valence-electron chi connectivity index (χ2n) is 8.70. The number of thiophene rings is 1. The summed E-state index contributed by atoms with van der Waals surface area (Å²) in [5.74, 6) is 0.796. The Morgan fingerprint density at radius 3 is 2.56 bits per heavy atom. The second kappa shape index (κ2) is 11.0. The molecule has 0 spiro atoms. The van der Waals surface area contributed by atoms with Gasteiger partial charge in [0.2, 0.25) is 5.91 Å². The summed E-state index contributed by atoms with van der Waals surface area (Å²) in [7, 11) is 1.67. The summed E-state index contributed by atoms with van der Waals surface area (Å²) < 4.78 is 5.31. The fourth-order valence-electron chi connectivity index (χ4n) is 4.79. The third kappa shape index (κ3) is 5.51. The molecule has 2 aliphatic rings. The first kappa shape index (κ1) is 22.8. The van der Waals surface area contributed by atoms with E-state index >= 15 is 0 Å². The maximum Gasteiger partial charge on any atom is 0.263 e. The molecule has 3 heterocycles. The molecule has 2 unspecified atom stereocenters. The zero-order valence-electron chi connectivity index (χ0n) is 18.8. The van der Waals surface area contributed by atoms with Gasteiger partial charge in [0.15, 0.2) is 0 Å². The molecule has 0 aliphatic carbocycles. The highest BCUT2D eigenvalue weighted by Gasteiger charge is 2.30. The van der Waals surface area contributed by atoms with Gasteiger partial charge in [0.1, 0.15) is 5.75 Å². The maximum absolute atomic E-state index is 13.1. The van der Waals surface area contributed by atoms with E-state index in [0.717, 1.165) is 43.1 Å². The Bertz CT molecular complexity index is 878. The van der Waals surface area contributed by atoms with Gasteiger partial charge < -0.3 is 15.0 Å². The minimum absolute atomic E-state index is 0.0435. The van der Waals surface area contributed by atoms with E-state index in [4.69, 9.17) is 4.74 Å². The molecule has 2 amide bonds. The Hall–Kier alpha value is -2.38. The molecule has 2 saturated heterocycles. The molecule has 2 atom stereocenters. The molecule has 0 bridgehead atoms. The lowest BCUT2D eigenvalue weighted by atomic mass is 9.96. The molecule has 4 rings (SSSR count). The number of nitrogens with one attached hydrogen (secondary N) is 1. The zero-order chi connectivity index (χ0) is 22.3. The number of hydrogen-bond donors (Lipinski definition) is 1. The van der Waals surface area contributed by atoms with Gasteiger partial charge in [-0.3, -0.25) is 14.5 Å². The van der Waals surface area contributed by atoms with Crippen LogP contribution in [0.4, 0.5) is 0 Å². The van der Waals surface area contributed by atoms with E-state index < -0.39 is 0 Å². The lowest BCUT2D eigenvalue weighted by molar-refractivity contribution is -0.126. The number of carbonyl (C=O) groups excluding carboxylic acids is 2. The summed E-state index contributed by atoms with van der Waals surface area (Å²) in [6.07, 6.45) is 5.36. The first-order chi connectivity index (χ1) is 15.7. The van der Waals surface area contributed by atoms with Crippen LogP contribution in [-0.2, 0) is 4.79 Å². The lowest BCUT2D eigenvalue weighted by Crippen LogP contribution is -2.47. The number of methoxy groups -OCH3 is 1. The number of hydrogen-bond acceptors (Lipinski definition) is 5. The summed E-state index contributed by atoms with van der Waals surface area (Å²) in [6, 6.07) is 12.1. The maximum atomic E-state index is 13.1. The van der Waals surface area contributed by atoms with Crippen LogP contribution in [0.1, 0.15) is 53.4 Å². The predicted octanol–water partition coefficient (Wildman–Crippen LogP) is 3.95. The van der Waals surface area contributed by atoms with Crippen molar-refractivity contribution in [2.24, 2.45) is 5.92 Å². The van der Waals surface area contributed by atoms with Crippen LogP contribution in [0, 0.1) is 5.92 Å². The Kier molecular flexibility index (Phi) is 7.81. The lowest BCUT2D eigenvalue weighted by Gasteiger charge is -2.36. The van der Waals surface area contributed by atoms with E-state index in [0.29, 0.717) is 13.1 Å². The minimum Gasteiger partial charge on any atom is -0.497 e. The number of amides is 2. The fourth-order valence-corrected chi connectivity index (χ4v) is 5.48. The van der Waals surface area contributed by atoms with Crippen molar-refractivity contribution < 1.29 is 14.3 Å².